The van der Waals surface area contributed by atoms with Crippen molar-refractivity contribution in [3.8, 4) is 0 Å². The first-order chi connectivity index (χ1) is 10.1. The Kier molecular flexibility index (Phi) is 8.31. The van der Waals surface area contributed by atoms with E-state index in [1.807, 2.05) is 18.3 Å². The largest absolute Gasteiger partial charge is 0.354 e. The number of hydrogen-bond donors (Lipinski definition) is 2. The number of carbonyl (C=O) groups is 1. The molecular weight excluding hydrogens is 353 g/mol. The zero-order valence-electron chi connectivity index (χ0n) is 13.7. The first-order valence-electron chi connectivity index (χ1n) is 7.93. The summed E-state index contributed by atoms with van der Waals surface area (Å²) in [5.74, 6) is 0.855. The Hall–Kier alpha value is -0.330. The highest BCUT2D eigenvalue weighted by molar-refractivity contribution is 7.10. The van der Waals surface area contributed by atoms with Crippen LogP contribution in [0.3, 0.4) is 0 Å². The highest BCUT2D eigenvalue weighted by Gasteiger charge is 2.29. The average molecular weight is 380 g/mol. The van der Waals surface area contributed by atoms with Gasteiger partial charge in [-0.05, 0) is 49.4 Å². The van der Waals surface area contributed by atoms with Gasteiger partial charge in [-0.15, -0.1) is 36.2 Å². The average Bonchev–Trinajstić information content (AvgIpc) is 2.89. The molecule has 1 aromatic heterocycles. The van der Waals surface area contributed by atoms with E-state index < -0.39 is 0 Å². The number of carbonyl (C=O) groups excluding carboxylic acids is 1. The molecule has 1 fully saturated rings. The molecule has 0 radical (unpaired) electrons. The molecule has 1 saturated heterocycles. The van der Waals surface area contributed by atoms with E-state index in [2.05, 4.69) is 33.9 Å². The third kappa shape index (κ3) is 4.83. The number of thiophene rings is 1. The van der Waals surface area contributed by atoms with Crippen LogP contribution in [-0.4, -0.2) is 43.0 Å². The Labute approximate surface area is 155 Å². The molecule has 4 nitrogen and oxygen atoms in total. The predicted octanol–water partition coefficient (Wildman–Crippen LogP) is 2.31. The van der Waals surface area contributed by atoms with Crippen LogP contribution in [0.4, 0.5) is 0 Å². The topological polar surface area (TPSA) is 44.4 Å². The third-order valence-electron chi connectivity index (χ3n) is 4.97. The Bertz CT molecular complexity index is 507. The van der Waals surface area contributed by atoms with E-state index in [4.69, 9.17) is 0 Å². The van der Waals surface area contributed by atoms with Crippen molar-refractivity contribution >= 4 is 42.1 Å². The maximum absolute atomic E-state index is 12.2. The van der Waals surface area contributed by atoms with Crippen molar-refractivity contribution < 1.29 is 4.79 Å². The van der Waals surface area contributed by atoms with Gasteiger partial charge in [-0.3, -0.25) is 9.69 Å². The number of hydrogen-bond acceptors (Lipinski definition) is 4. The lowest BCUT2D eigenvalue weighted by Crippen LogP contribution is -2.51. The van der Waals surface area contributed by atoms with Crippen LogP contribution in [0.1, 0.15) is 24.3 Å². The summed E-state index contributed by atoms with van der Waals surface area (Å²) in [6, 6.07) is 2.64. The van der Waals surface area contributed by atoms with Crippen molar-refractivity contribution in [2.75, 3.05) is 26.2 Å². The van der Waals surface area contributed by atoms with Gasteiger partial charge in [0.05, 0.1) is 0 Å². The standard InChI is InChI=1S/C16H25N3OS.2ClH/c1-11(7-18-16(20)12(2)14-8-17-9-14)19-5-3-15-13(10-19)4-6-21-15;;/h4,6,11-12,14,17H,3,5,7-10H2,1-2H3,(H,18,20);2*1H. The van der Waals surface area contributed by atoms with Crippen molar-refractivity contribution in [1.29, 1.82) is 0 Å². The first-order valence-corrected chi connectivity index (χ1v) is 8.81. The van der Waals surface area contributed by atoms with Crippen LogP contribution in [-0.2, 0) is 17.8 Å². The van der Waals surface area contributed by atoms with Gasteiger partial charge in [0.25, 0.3) is 0 Å². The Balaban J connectivity index is 0.00000132. The molecule has 2 atom stereocenters. The van der Waals surface area contributed by atoms with Crippen molar-refractivity contribution in [1.82, 2.24) is 15.5 Å². The normalized spacial score (nSPS) is 20.3. The fourth-order valence-electron chi connectivity index (χ4n) is 3.06. The molecule has 0 aliphatic carbocycles. The highest BCUT2D eigenvalue weighted by atomic mass is 35.5. The van der Waals surface area contributed by atoms with E-state index in [1.165, 1.54) is 10.4 Å². The van der Waals surface area contributed by atoms with E-state index >= 15 is 0 Å². The number of rotatable bonds is 5. The first kappa shape index (κ1) is 20.7. The molecule has 0 bridgehead atoms. The SMILES string of the molecule is CC(C(=O)NCC(C)N1CCc2sccc2C1)C1CNC1.Cl.Cl. The molecule has 0 saturated carbocycles. The second-order valence-electron chi connectivity index (χ2n) is 6.39. The van der Waals surface area contributed by atoms with E-state index in [1.54, 1.807) is 0 Å². The van der Waals surface area contributed by atoms with Gasteiger partial charge in [0, 0.05) is 36.5 Å². The molecule has 2 unspecified atom stereocenters. The van der Waals surface area contributed by atoms with E-state index in [0.29, 0.717) is 12.0 Å². The highest BCUT2D eigenvalue weighted by Crippen LogP contribution is 2.25. The van der Waals surface area contributed by atoms with Crippen molar-refractivity contribution in [2.24, 2.45) is 11.8 Å². The summed E-state index contributed by atoms with van der Waals surface area (Å²) in [4.78, 5) is 16.2. The molecule has 1 aromatic rings. The molecule has 132 valence electrons. The molecule has 0 spiro atoms. The number of nitrogens with zero attached hydrogens (tertiary/aromatic N) is 1. The predicted molar refractivity (Wildman–Crippen MR) is 101 cm³/mol. The molecule has 0 aromatic carbocycles. The van der Waals surface area contributed by atoms with E-state index in [9.17, 15) is 4.79 Å². The summed E-state index contributed by atoms with van der Waals surface area (Å²) in [6.07, 6.45) is 1.15. The van der Waals surface area contributed by atoms with Crippen LogP contribution in [0.2, 0.25) is 0 Å². The molecule has 1 amide bonds. The third-order valence-corrected chi connectivity index (χ3v) is 5.99. The molecule has 23 heavy (non-hydrogen) atoms. The lowest BCUT2D eigenvalue weighted by atomic mass is 9.88. The van der Waals surface area contributed by atoms with Gasteiger partial charge in [0.15, 0.2) is 0 Å². The fourth-order valence-corrected chi connectivity index (χ4v) is 3.95. The summed E-state index contributed by atoms with van der Waals surface area (Å²) in [6.45, 7) is 9.11. The van der Waals surface area contributed by atoms with Gasteiger partial charge < -0.3 is 10.6 Å². The minimum Gasteiger partial charge on any atom is -0.354 e. The molecule has 2 aliphatic rings. The summed E-state index contributed by atoms with van der Waals surface area (Å²) in [5, 5.41) is 8.56. The fraction of sp³-hybridized carbons (Fsp3) is 0.688. The Morgan fingerprint density at radius 3 is 2.83 bits per heavy atom. The maximum atomic E-state index is 12.2. The molecule has 2 N–H and O–H groups in total. The quantitative estimate of drug-likeness (QED) is 0.824. The van der Waals surface area contributed by atoms with Gasteiger partial charge >= 0.3 is 0 Å². The molecule has 3 rings (SSSR count). The van der Waals surface area contributed by atoms with Gasteiger partial charge in [0.1, 0.15) is 0 Å². The van der Waals surface area contributed by atoms with Crippen LogP contribution in [0, 0.1) is 11.8 Å². The zero-order chi connectivity index (χ0) is 14.8. The molecule has 3 heterocycles. The number of fused-ring (bicyclic) bond motifs is 1. The summed E-state index contributed by atoms with van der Waals surface area (Å²) in [7, 11) is 0. The second-order valence-corrected chi connectivity index (χ2v) is 7.39. The zero-order valence-corrected chi connectivity index (χ0v) is 16.2. The van der Waals surface area contributed by atoms with Crippen molar-refractivity contribution in [3.05, 3.63) is 21.9 Å². The monoisotopic (exact) mass is 379 g/mol. The maximum Gasteiger partial charge on any atom is 0.223 e. The van der Waals surface area contributed by atoms with Crippen LogP contribution < -0.4 is 10.6 Å². The molecular formula is C16H27Cl2N3OS. The Morgan fingerprint density at radius 2 is 2.17 bits per heavy atom. The minimum absolute atomic E-state index is 0. The van der Waals surface area contributed by atoms with Crippen LogP contribution in [0.25, 0.3) is 0 Å². The molecule has 7 heteroatoms. The van der Waals surface area contributed by atoms with E-state index in [0.717, 1.165) is 39.1 Å². The van der Waals surface area contributed by atoms with Crippen LogP contribution >= 0.6 is 36.2 Å². The summed E-state index contributed by atoms with van der Waals surface area (Å²) >= 11 is 1.87. The summed E-state index contributed by atoms with van der Waals surface area (Å²) < 4.78 is 0. The lowest BCUT2D eigenvalue weighted by molar-refractivity contribution is -0.126. The van der Waals surface area contributed by atoms with E-state index in [-0.39, 0.29) is 36.6 Å². The van der Waals surface area contributed by atoms with Crippen LogP contribution in [0.15, 0.2) is 11.4 Å². The van der Waals surface area contributed by atoms with Gasteiger partial charge in [-0.2, -0.15) is 0 Å². The smallest absolute Gasteiger partial charge is 0.223 e. The van der Waals surface area contributed by atoms with Crippen LogP contribution in [0.5, 0.6) is 0 Å². The van der Waals surface area contributed by atoms with Crippen molar-refractivity contribution in [3.63, 3.8) is 0 Å². The van der Waals surface area contributed by atoms with Gasteiger partial charge in [-0.25, -0.2) is 0 Å². The number of nitrogens with one attached hydrogen (secondary N) is 2. The second kappa shape index (κ2) is 9.23. The molecule has 2 aliphatic heterocycles. The minimum atomic E-state index is 0. The van der Waals surface area contributed by atoms with Gasteiger partial charge in [0.2, 0.25) is 5.91 Å². The Morgan fingerprint density at radius 1 is 1.43 bits per heavy atom. The lowest BCUT2D eigenvalue weighted by Gasteiger charge is -2.34. The van der Waals surface area contributed by atoms with Gasteiger partial charge in [-0.1, -0.05) is 6.92 Å². The number of halogens is 2. The number of amides is 1. The van der Waals surface area contributed by atoms with Crippen molar-refractivity contribution in [2.45, 2.75) is 32.9 Å². The summed E-state index contributed by atoms with van der Waals surface area (Å²) in [5.41, 5.74) is 1.47.